The van der Waals surface area contributed by atoms with Gasteiger partial charge in [-0.3, -0.25) is 9.59 Å². The number of carbonyl (C=O) groups excluding carboxylic acids is 2. The van der Waals surface area contributed by atoms with Gasteiger partial charge in [0.05, 0.1) is 38.6 Å². The van der Waals surface area contributed by atoms with Crippen molar-refractivity contribution in [2.75, 3.05) is 14.2 Å². The van der Waals surface area contributed by atoms with Crippen LogP contribution in [0.5, 0.6) is 0 Å². The molecular formula is C26H52O8. The van der Waals surface area contributed by atoms with Crippen molar-refractivity contribution in [3.8, 4) is 0 Å². The van der Waals surface area contributed by atoms with E-state index in [0.29, 0.717) is 38.5 Å². The average Bonchev–Trinajstić information content (AvgIpc) is 2.85. The highest BCUT2D eigenvalue weighted by Crippen LogP contribution is 2.13. The van der Waals surface area contributed by atoms with Crippen LogP contribution in [0.2, 0.25) is 0 Å². The fourth-order valence-corrected chi connectivity index (χ4v) is 3.44. The molecule has 0 amide bonds. The smallest absolute Gasteiger partial charge is 0.305 e. The highest BCUT2D eigenvalue weighted by Gasteiger charge is 2.13. The molecule has 0 spiro atoms. The lowest BCUT2D eigenvalue weighted by Crippen LogP contribution is -2.24. The molecule has 0 saturated heterocycles. The number of hydrogen-bond donors (Lipinski definition) is 4. The summed E-state index contributed by atoms with van der Waals surface area (Å²) in [6.45, 7) is 3.72. The van der Waals surface area contributed by atoms with Crippen LogP contribution in [0.15, 0.2) is 0 Å². The first kappa shape index (κ1) is 34.9. The van der Waals surface area contributed by atoms with E-state index >= 15 is 0 Å². The van der Waals surface area contributed by atoms with Gasteiger partial charge in [-0.1, -0.05) is 65.2 Å². The van der Waals surface area contributed by atoms with E-state index < -0.39 is 24.4 Å². The Morgan fingerprint density at radius 3 is 1.12 bits per heavy atom. The molecule has 0 saturated carbocycles. The number of ether oxygens (including phenoxy) is 2. The van der Waals surface area contributed by atoms with Crippen molar-refractivity contribution >= 4 is 11.9 Å². The zero-order chi connectivity index (χ0) is 26.2. The quantitative estimate of drug-likeness (QED) is 0.148. The number of aliphatic hydroxyl groups is 4. The number of aliphatic hydroxyl groups excluding tert-OH is 4. The number of hydrogen-bond acceptors (Lipinski definition) is 8. The number of methoxy groups -OCH3 is 2. The summed E-state index contributed by atoms with van der Waals surface area (Å²) >= 11 is 0. The van der Waals surface area contributed by atoms with Gasteiger partial charge in [0.1, 0.15) is 0 Å². The van der Waals surface area contributed by atoms with Crippen molar-refractivity contribution in [2.24, 2.45) is 0 Å². The Hall–Kier alpha value is -1.22. The summed E-state index contributed by atoms with van der Waals surface area (Å²) in [4.78, 5) is 21.6. The van der Waals surface area contributed by atoms with Crippen LogP contribution in [0.25, 0.3) is 0 Å². The molecule has 4 N–H and O–H groups in total. The molecule has 0 aromatic carbocycles. The highest BCUT2D eigenvalue weighted by atomic mass is 16.5. The maximum atomic E-state index is 10.8. The molecule has 0 aromatic rings. The van der Waals surface area contributed by atoms with E-state index in [2.05, 4.69) is 9.47 Å². The second-order valence-corrected chi connectivity index (χ2v) is 8.85. The van der Waals surface area contributed by atoms with Crippen molar-refractivity contribution in [3.63, 3.8) is 0 Å². The Balaban J connectivity index is 0. The van der Waals surface area contributed by atoms with Crippen molar-refractivity contribution in [2.45, 2.75) is 141 Å². The van der Waals surface area contributed by atoms with Crippen LogP contribution in [0.1, 0.15) is 117 Å². The molecule has 4 atom stereocenters. The zero-order valence-electron chi connectivity index (χ0n) is 22.0. The minimum Gasteiger partial charge on any atom is -0.469 e. The van der Waals surface area contributed by atoms with Crippen molar-refractivity contribution in [3.05, 3.63) is 0 Å². The second-order valence-electron chi connectivity index (χ2n) is 8.85. The number of carbonyl (C=O) groups is 2. The van der Waals surface area contributed by atoms with Crippen LogP contribution in [0.4, 0.5) is 0 Å². The molecule has 0 aliphatic heterocycles. The number of esters is 2. The average molecular weight is 493 g/mol. The van der Waals surface area contributed by atoms with Gasteiger partial charge in [0.2, 0.25) is 0 Å². The fraction of sp³-hybridized carbons (Fsp3) is 0.923. The molecule has 0 bridgehead atoms. The van der Waals surface area contributed by atoms with E-state index in [0.717, 1.165) is 64.2 Å². The summed E-state index contributed by atoms with van der Waals surface area (Å²) < 4.78 is 9.10. The molecule has 0 aromatic heterocycles. The third kappa shape index (κ3) is 22.6. The predicted octanol–water partition coefficient (Wildman–Crippen LogP) is 4.04. The summed E-state index contributed by atoms with van der Waals surface area (Å²) in [6, 6.07) is 0. The van der Waals surface area contributed by atoms with E-state index in [-0.39, 0.29) is 11.9 Å². The van der Waals surface area contributed by atoms with Crippen LogP contribution in [0.3, 0.4) is 0 Å². The Morgan fingerprint density at radius 2 is 0.824 bits per heavy atom. The summed E-state index contributed by atoms with van der Waals surface area (Å²) in [6.07, 6.45) is 11.0. The fourth-order valence-electron chi connectivity index (χ4n) is 3.44. The standard InChI is InChI=1S/2C13H26O4/c2*1-3-11(14)12(15)9-7-5-4-6-8-10-13(16)17-2/h2*11-12,14-15H,3-10H2,1-2H3/t2*11-,12+/m10/s1. The largest absolute Gasteiger partial charge is 0.469 e. The van der Waals surface area contributed by atoms with Crippen molar-refractivity contribution in [1.82, 2.24) is 0 Å². The van der Waals surface area contributed by atoms with Gasteiger partial charge in [-0.25, -0.2) is 0 Å². The molecule has 0 fully saturated rings. The minimum absolute atomic E-state index is 0.147. The first-order valence-corrected chi connectivity index (χ1v) is 13.1. The summed E-state index contributed by atoms with van der Waals surface area (Å²) in [5.74, 6) is -0.294. The lowest BCUT2D eigenvalue weighted by molar-refractivity contribution is -0.141. The Labute approximate surface area is 207 Å². The normalized spacial score (nSPS) is 14.4. The van der Waals surface area contributed by atoms with E-state index in [1.54, 1.807) is 0 Å². The first-order valence-electron chi connectivity index (χ1n) is 13.1. The van der Waals surface area contributed by atoms with Crippen LogP contribution < -0.4 is 0 Å². The van der Waals surface area contributed by atoms with Gasteiger partial charge >= 0.3 is 11.9 Å². The minimum atomic E-state index is -0.589. The maximum absolute atomic E-state index is 10.8. The number of unbranched alkanes of at least 4 members (excludes halogenated alkanes) is 8. The molecule has 0 aliphatic rings. The van der Waals surface area contributed by atoms with Crippen LogP contribution in [-0.4, -0.2) is 71.0 Å². The van der Waals surface area contributed by atoms with Crippen molar-refractivity contribution in [1.29, 1.82) is 0 Å². The molecule has 204 valence electrons. The molecular weight excluding hydrogens is 440 g/mol. The maximum Gasteiger partial charge on any atom is 0.305 e. The first-order chi connectivity index (χ1) is 16.2. The van der Waals surface area contributed by atoms with Gasteiger partial charge < -0.3 is 29.9 Å². The third-order valence-electron chi connectivity index (χ3n) is 5.94. The van der Waals surface area contributed by atoms with E-state index in [4.69, 9.17) is 0 Å². The SMILES string of the molecule is CC[C@@H](O)[C@@H](O)CCCCCCCC(=O)OC.CC[C@H](O)[C@H](O)CCCCCCCC(=O)OC. The molecule has 34 heavy (non-hydrogen) atoms. The second kappa shape index (κ2) is 24.9. The summed E-state index contributed by atoms with van der Waals surface area (Å²) in [5.41, 5.74) is 0. The molecule has 0 rings (SSSR count). The molecule has 0 aliphatic carbocycles. The summed E-state index contributed by atoms with van der Waals surface area (Å²) in [7, 11) is 2.81. The third-order valence-corrected chi connectivity index (χ3v) is 5.94. The predicted molar refractivity (Wildman–Crippen MR) is 133 cm³/mol. The van der Waals surface area contributed by atoms with Crippen LogP contribution in [-0.2, 0) is 19.1 Å². The van der Waals surface area contributed by atoms with Gasteiger partial charge in [-0.05, 0) is 38.5 Å². The van der Waals surface area contributed by atoms with Gasteiger partial charge in [-0.15, -0.1) is 0 Å². The lowest BCUT2D eigenvalue weighted by atomic mass is 10.0. The monoisotopic (exact) mass is 492 g/mol. The molecule has 0 radical (unpaired) electrons. The van der Waals surface area contributed by atoms with Gasteiger partial charge in [0.25, 0.3) is 0 Å². The van der Waals surface area contributed by atoms with E-state index in [9.17, 15) is 30.0 Å². The molecule has 8 heteroatoms. The summed E-state index contributed by atoms with van der Waals surface area (Å²) in [5, 5.41) is 37.7. The lowest BCUT2D eigenvalue weighted by Gasteiger charge is -2.15. The zero-order valence-corrected chi connectivity index (χ0v) is 22.0. The van der Waals surface area contributed by atoms with Crippen LogP contribution in [0, 0.1) is 0 Å². The molecule has 0 unspecified atom stereocenters. The van der Waals surface area contributed by atoms with Gasteiger partial charge in [0, 0.05) is 12.8 Å². The van der Waals surface area contributed by atoms with Gasteiger partial charge in [-0.2, -0.15) is 0 Å². The molecule has 8 nitrogen and oxygen atoms in total. The van der Waals surface area contributed by atoms with E-state index in [1.807, 2.05) is 13.8 Å². The molecule has 0 heterocycles. The highest BCUT2D eigenvalue weighted by molar-refractivity contribution is 5.69. The van der Waals surface area contributed by atoms with Crippen molar-refractivity contribution < 1.29 is 39.5 Å². The van der Waals surface area contributed by atoms with Crippen LogP contribution >= 0.6 is 0 Å². The van der Waals surface area contributed by atoms with E-state index in [1.165, 1.54) is 14.2 Å². The topological polar surface area (TPSA) is 134 Å². The Kier molecular flexibility index (Phi) is 25.6. The number of rotatable bonds is 20. The Morgan fingerprint density at radius 1 is 0.529 bits per heavy atom. The van der Waals surface area contributed by atoms with Gasteiger partial charge in [0.15, 0.2) is 0 Å². The Bertz CT molecular complexity index is 430.